The molecule has 11 aromatic rings. The second-order valence-corrected chi connectivity index (χ2v) is 16.1. The zero-order valence-electron chi connectivity index (χ0n) is 32.6. The van der Waals surface area contributed by atoms with Crippen molar-refractivity contribution in [2.75, 3.05) is 0 Å². The van der Waals surface area contributed by atoms with E-state index in [1.165, 1.54) is 49.4 Å². The standard InChI is InChI=1S/C54H37N5/c1-54(2)45-22-12-9-19-39(45)43-31-32-44-41-21-11-14-24-47(41)59(50(44)49(43)54)53-56-51(36-27-25-35(26-28-36)34-15-5-3-6-16-34)55-52(57-53)37-29-30-42-40-20-10-13-23-46(40)58(48(42)33-37)38-17-7-4-8-18-38/h3-33H,1-2H3. The molecule has 0 amide bonds. The van der Waals surface area contributed by atoms with Crippen molar-refractivity contribution < 1.29 is 0 Å². The molecule has 278 valence electrons. The van der Waals surface area contributed by atoms with Gasteiger partial charge in [0.15, 0.2) is 11.6 Å². The van der Waals surface area contributed by atoms with Crippen LogP contribution in [0.25, 0.3) is 100 Å². The fourth-order valence-electron chi connectivity index (χ4n) is 9.65. The van der Waals surface area contributed by atoms with Crippen molar-refractivity contribution in [2.24, 2.45) is 0 Å². The lowest BCUT2D eigenvalue weighted by Gasteiger charge is -2.23. The van der Waals surface area contributed by atoms with Gasteiger partial charge in [0.2, 0.25) is 5.95 Å². The molecule has 59 heavy (non-hydrogen) atoms. The van der Waals surface area contributed by atoms with Crippen LogP contribution in [0.1, 0.15) is 25.0 Å². The Hall–Kier alpha value is -7.63. The van der Waals surface area contributed by atoms with Crippen molar-refractivity contribution in [1.82, 2.24) is 24.1 Å². The lowest BCUT2D eigenvalue weighted by molar-refractivity contribution is 0.663. The topological polar surface area (TPSA) is 48.5 Å². The lowest BCUT2D eigenvalue weighted by atomic mass is 9.81. The van der Waals surface area contributed by atoms with Crippen molar-refractivity contribution in [3.05, 3.63) is 199 Å². The van der Waals surface area contributed by atoms with E-state index < -0.39 is 0 Å². The van der Waals surface area contributed by atoms with Crippen LogP contribution in [0.15, 0.2) is 188 Å². The predicted molar refractivity (Wildman–Crippen MR) is 242 cm³/mol. The highest BCUT2D eigenvalue weighted by atomic mass is 15.2. The van der Waals surface area contributed by atoms with Gasteiger partial charge >= 0.3 is 0 Å². The van der Waals surface area contributed by atoms with Crippen LogP contribution in [0.2, 0.25) is 0 Å². The lowest BCUT2D eigenvalue weighted by Crippen LogP contribution is -2.17. The Bertz CT molecular complexity index is 3450. The third-order valence-electron chi connectivity index (χ3n) is 12.4. The number of rotatable bonds is 5. The predicted octanol–water partition coefficient (Wildman–Crippen LogP) is 13.4. The molecule has 0 spiro atoms. The highest BCUT2D eigenvalue weighted by Gasteiger charge is 2.38. The quantitative estimate of drug-likeness (QED) is 0.176. The monoisotopic (exact) mass is 755 g/mol. The number of aromatic nitrogens is 5. The molecule has 0 aliphatic heterocycles. The van der Waals surface area contributed by atoms with Crippen LogP contribution in [0.5, 0.6) is 0 Å². The van der Waals surface area contributed by atoms with Crippen molar-refractivity contribution in [1.29, 1.82) is 0 Å². The Morgan fingerprint density at radius 2 is 0.932 bits per heavy atom. The fraction of sp³-hybridized carbons (Fsp3) is 0.0556. The van der Waals surface area contributed by atoms with Gasteiger partial charge in [0, 0.05) is 43.8 Å². The van der Waals surface area contributed by atoms with E-state index >= 15 is 0 Å². The molecule has 12 rings (SSSR count). The molecule has 1 aliphatic carbocycles. The Morgan fingerprint density at radius 3 is 1.69 bits per heavy atom. The van der Waals surface area contributed by atoms with Gasteiger partial charge in [-0.05, 0) is 63.7 Å². The molecule has 0 radical (unpaired) electrons. The van der Waals surface area contributed by atoms with E-state index in [1.807, 2.05) is 6.07 Å². The van der Waals surface area contributed by atoms with E-state index in [1.54, 1.807) is 0 Å². The number of hydrogen-bond acceptors (Lipinski definition) is 3. The zero-order valence-corrected chi connectivity index (χ0v) is 32.6. The molecule has 1 aliphatic rings. The minimum Gasteiger partial charge on any atom is -0.309 e. The summed E-state index contributed by atoms with van der Waals surface area (Å²) in [5.74, 6) is 1.83. The van der Waals surface area contributed by atoms with Crippen LogP contribution in [0.3, 0.4) is 0 Å². The summed E-state index contributed by atoms with van der Waals surface area (Å²) in [5, 5.41) is 4.74. The maximum atomic E-state index is 5.45. The normalized spacial score (nSPS) is 13.1. The second kappa shape index (κ2) is 12.7. The molecule has 5 heteroatoms. The largest absolute Gasteiger partial charge is 0.309 e. The number of nitrogens with zero attached hydrogens (tertiary/aromatic N) is 5. The van der Waals surface area contributed by atoms with Gasteiger partial charge in [0.25, 0.3) is 0 Å². The van der Waals surface area contributed by atoms with Gasteiger partial charge < -0.3 is 4.57 Å². The highest BCUT2D eigenvalue weighted by Crippen LogP contribution is 2.53. The molecule has 0 atom stereocenters. The number of benzene rings is 8. The third-order valence-corrected chi connectivity index (χ3v) is 12.4. The minimum atomic E-state index is -0.251. The molecule has 8 aromatic carbocycles. The molecule has 0 saturated carbocycles. The van der Waals surface area contributed by atoms with E-state index in [9.17, 15) is 0 Å². The molecular weight excluding hydrogens is 719 g/mol. The number of fused-ring (bicyclic) bond motifs is 10. The molecule has 3 aromatic heterocycles. The molecule has 0 saturated heterocycles. The van der Waals surface area contributed by atoms with Crippen LogP contribution >= 0.6 is 0 Å². The van der Waals surface area contributed by atoms with Gasteiger partial charge in [0.1, 0.15) is 0 Å². The molecule has 0 fully saturated rings. The summed E-state index contributed by atoms with van der Waals surface area (Å²) < 4.78 is 4.64. The Labute approximate surface area is 341 Å². The first-order valence-corrected chi connectivity index (χ1v) is 20.2. The Kier molecular flexibility index (Phi) is 7.20. The molecule has 0 N–H and O–H groups in total. The van der Waals surface area contributed by atoms with E-state index in [4.69, 9.17) is 15.0 Å². The van der Waals surface area contributed by atoms with Crippen molar-refractivity contribution in [3.63, 3.8) is 0 Å². The first-order chi connectivity index (χ1) is 29.0. The van der Waals surface area contributed by atoms with Crippen molar-refractivity contribution >= 4 is 43.6 Å². The van der Waals surface area contributed by atoms with Gasteiger partial charge in [-0.1, -0.05) is 172 Å². The summed E-state index contributed by atoms with van der Waals surface area (Å²) in [5.41, 5.74) is 14.6. The zero-order chi connectivity index (χ0) is 39.2. The van der Waals surface area contributed by atoms with Crippen molar-refractivity contribution in [2.45, 2.75) is 19.3 Å². The van der Waals surface area contributed by atoms with Crippen LogP contribution in [-0.2, 0) is 5.41 Å². The van der Waals surface area contributed by atoms with E-state index in [0.717, 1.165) is 44.4 Å². The maximum Gasteiger partial charge on any atom is 0.238 e. The summed E-state index contributed by atoms with van der Waals surface area (Å²) in [7, 11) is 0. The SMILES string of the molecule is CC1(C)c2ccccc2-c2ccc3c4ccccc4n(-c4nc(-c5ccc(-c6ccccc6)cc5)nc(-c5ccc6c7ccccc7n(-c7ccccc7)c6c5)n4)c3c21. The average molecular weight is 756 g/mol. The van der Waals surface area contributed by atoms with Crippen molar-refractivity contribution in [3.8, 4) is 56.7 Å². The summed E-state index contributed by atoms with van der Waals surface area (Å²) >= 11 is 0. The van der Waals surface area contributed by atoms with Crippen LogP contribution < -0.4 is 0 Å². The van der Waals surface area contributed by atoms with Crippen LogP contribution in [0, 0.1) is 0 Å². The second-order valence-electron chi connectivity index (χ2n) is 16.1. The molecular formula is C54H37N5. The van der Waals surface area contributed by atoms with E-state index in [-0.39, 0.29) is 5.41 Å². The van der Waals surface area contributed by atoms with Crippen LogP contribution in [-0.4, -0.2) is 24.1 Å². The highest BCUT2D eigenvalue weighted by molar-refractivity contribution is 6.13. The minimum absolute atomic E-state index is 0.251. The van der Waals surface area contributed by atoms with Gasteiger partial charge in [-0.2, -0.15) is 9.97 Å². The van der Waals surface area contributed by atoms with Gasteiger partial charge in [-0.15, -0.1) is 0 Å². The molecule has 3 heterocycles. The maximum absolute atomic E-state index is 5.45. The summed E-state index contributed by atoms with van der Waals surface area (Å²) in [6.45, 7) is 4.69. The molecule has 0 bridgehead atoms. The Morgan fingerprint density at radius 1 is 0.390 bits per heavy atom. The summed E-state index contributed by atoms with van der Waals surface area (Å²) in [4.78, 5) is 16.1. The first-order valence-electron chi connectivity index (χ1n) is 20.2. The van der Waals surface area contributed by atoms with Gasteiger partial charge in [-0.25, -0.2) is 4.98 Å². The molecule has 0 unspecified atom stereocenters. The summed E-state index contributed by atoms with van der Waals surface area (Å²) in [6.07, 6.45) is 0. The first kappa shape index (κ1) is 33.5. The van der Waals surface area contributed by atoms with E-state index in [2.05, 4.69) is 205 Å². The number of para-hydroxylation sites is 3. The van der Waals surface area contributed by atoms with Crippen LogP contribution in [0.4, 0.5) is 0 Å². The summed E-state index contributed by atoms with van der Waals surface area (Å²) in [6, 6.07) is 66.9. The van der Waals surface area contributed by atoms with Gasteiger partial charge in [0.05, 0.1) is 22.1 Å². The average Bonchev–Trinajstić information content (AvgIpc) is 3.89. The van der Waals surface area contributed by atoms with Gasteiger partial charge in [-0.3, -0.25) is 4.57 Å². The fourth-order valence-corrected chi connectivity index (χ4v) is 9.65. The third kappa shape index (κ3) is 5.01. The van der Waals surface area contributed by atoms with E-state index in [0.29, 0.717) is 17.6 Å². The number of hydrogen-bond donors (Lipinski definition) is 0. The molecule has 5 nitrogen and oxygen atoms in total. The smallest absolute Gasteiger partial charge is 0.238 e. The Balaban J connectivity index is 1.14.